The molecule has 0 bridgehead atoms. The molecular weight excluding hydrogens is 413 g/mol. The van der Waals surface area contributed by atoms with Crippen LogP contribution in [0.4, 0.5) is 21.8 Å². The number of nitrogens with one attached hydrogen (secondary N) is 3. The van der Waals surface area contributed by atoms with Gasteiger partial charge in [-0.05, 0) is 44.4 Å². The van der Waals surface area contributed by atoms with Gasteiger partial charge in [0.25, 0.3) is 5.56 Å². The van der Waals surface area contributed by atoms with Gasteiger partial charge in [0, 0.05) is 24.7 Å². The topological polar surface area (TPSA) is 107 Å². The number of anilines is 3. The molecule has 2 amide bonds. The molecule has 0 radical (unpaired) electrons. The van der Waals surface area contributed by atoms with Crippen molar-refractivity contribution < 1.29 is 14.0 Å². The fourth-order valence-electron chi connectivity index (χ4n) is 3.94. The first kappa shape index (κ1) is 20.3. The summed E-state index contributed by atoms with van der Waals surface area (Å²) >= 11 is 5.76. The average molecular weight is 434 g/mol. The number of amides is 2. The normalized spacial score (nSPS) is 21.0. The number of carbonyl (C=O) groups excluding carboxylic acids is 2. The molecule has 3 N–H and O–H groups in total. The van der Waals surface area contributed by atoms with Crippen molar-refractivity contribution in [1.29, 1.82) is 0 Å². The minimum absolute atomic E-state index is 0.0973. The highest BCUT2D eigenvalue weighted by molar-refractivity contribution is 6.31. The summed E-state index contributed by atoms with van der Waals surface area (Å²) in [7, 11) is 0. The molecule has 2 aliphatic heterocycles. The molecule has 0 saturated carbocycles. The number of nitrogens with zero attached hydrogens (tertiary/aromatic N) is 2. The highest BCUT2D eigenvalue weighted by Gasteiger charge is 2.35. The van der Waals surface area contributed by atoms with Crippen molar-refractivity contribution in [2.75, 3.05) is 22.1 Å². The molecule has 1 fully saturated rings. The second-order valence-corrected chi connectivity index (χ2v) is 8.02. The fourth-order valence-corrected chi connectivity index (χ4v) is 4.12. The van der Waals surface area contributed by atoms with Crippen LogP contribution in [-0.2, 0) is 9.59 Å². The Morgan fingerprint density at radius 3 is 2.87 bits per heavy atom. The number of benzene rings is 1. The van der Waals surface area contributed by atoms with E-state index in [0.29, 0.717) is 5.95 Å². The lowest BCUT2D eigenvalue weighted by molar-refractivity contribution is -0.123. The molecule has 0 aliphatic carbocycles. The van der Waals surface area contributed by atoms with E-state index < -0.39 is 29.1 Å². The van der Waals surface area contributed by atoms with Gasteiger partial charge in [0.15, 0.2) is 0 Å². The number of halogens is 2. The van der Waals surface area contributed by atoms with E-state index in [9.17, 15) is 18.8 Å². The Labute approximate surface area is 176 Å². The summed E-state index contributed by atoms with van der Waals surface area (Å²) < 4.78 is 13.4. The second-order valence-electron chi connectivity index (χ2n) is 7.61. The summed E-state index contributed by atoms with van der Waals surface area (Å²) in [4.78, 5) is 47.2. The number of carbonyl (C=O) groups is 2. The van der Waals surface area contributed by atoms with E-state index in [1.165, 1.54) is 12.1 Å². The van der Waals surface area contributed by atoms with Gasteiger partial charge in [-0.15, -0.1) is 0 Å². The van der Waals surface area contributed by atoms with Crippen LogP contribution >= 0.6 is 11.6 Å². The highest BCUT2D eigenvalue weighted by Crippen LogP contribution is 2.31. The minimum atomic E-state index is -1.03. The lowest BCUT2D eigenvalue weighted by atomic mass is 9.92. The van der Waals surface area contributed by atoms with E-state index in [4.69, 9.17) is 11.6 Å². The SMILES string of the molecule is C[C@@H]1CCCCN1c1nc2c(c(=O)[nH]1)[C@H](C(=O)Nc1ccc(F)c(Cl)c1)CC(=O)N2. The molecule has 3 heterocycles. The van der Waals surface area contributed by atoms with Crippen molar-refractivity contribution in [2.24, 2.45) is 0 Å². The Bertz CT molecular complexity index is 1070. The Hall–Kier alpha value is -2.94. The molecule has 1 aromatic heterocycles. The molecule has 2 atom stereocenters. The Balaban J connectivity index is 1.65. The van der Waals surface area contributed by atoms with Gasteiger partial charge < -0.3 is 15.5 Å². The lowest BCUT2D eigenvalue weighted by Crippen LogP contribution is -2.42. The molecule has 4 rings (SSSR count). The highest BCUT2D eigenvalue weighted by atomic mass is 35.5. The van der Waals surface area contributed by atoms with Gasteiger partial charge in [-0.2, -0.15) is 4.98 Å². The van der Waals surface area contributed by atoms with Gasteiger partial charge in [0.2, 0.25) is 17.8 Å². The molecule has 8 nitrogen and oxygen atoms in total. The monoisotopic (exact) mass is 433 g/mol. The van der Waals surface area contributed by atoms with Crippen molar-refractivity contribution in [2.45, 2.75) is 44.6 Å². The maximum Gasteiger partial charge on any atom is 0.258 e. The summed E-state index contributed by atoms with van der Waals surface area (Å²) in [6.07, 6.45) is 2.89. The first-order chi connectivity index (χ1) is 14.3. The maximum absolute atomic E-state index is 13.4. The van der Waals surface area contributed by atoms with Crippen LogP contribution in [0.1, 0.15) is 44.1 Å². The molecule has 0 unspecified atom stereocenters. The second kappa shape index (κ2) is 8.06. The van der Waals surface area contributed by atoms with Crippen LogP contribution in [0.15, 0.2) is 23.0 Å². The van der Waals surface area contributed by atoms with E-state index in [1.807, 2.05) is 4.90 Å². The number of hydrogen-bond acceptors (Lipinski definition) is 5. The summed E-state index contributed by atoms with van der Waals surface area (Å²) in [6.45, 7) is 2.81. The largest absolute Gasteiger partial charge is 0.340 e. The van der Waals surface area contributed by atoms with Gasteiger partial charge >= 0.3 is 0 Å². The first-order valence-electron chi connectivity index (χ1n) is 9.80. The molecule has 1 aromatic carbocycles. The predicted molar refractivity (Wildman–Crippen MR) is 112 cm³/mol. The van der Waals surface area contributed by atoms with Crippen LogP contribution < -0.4 is 21.1 Å². The Kier molecular flexibility index (Phi) is 5.46. The van der Waals surface area contributed by atoms with Gasteiger partial charge in [0.1, 0.15) is 11.6 Å². The summed E-state index contributed by atoms with van der Waals surface area (Å²) in [5.74, 6) is -2.13. The lowest BCUT2D eigenvalue weighted by Gasteiger charge is -2.34. The fraction of sp³-hybridized carbons (Fsp3) is 0.400. The van der Waals surface area contributed by atoms with Gasteiger partial charge in [-0.1, -0.05) is 11.6 Å². The number of piperidine rings is 1. The van der Waals surface area contributed by atoms with Crippen LogP contribution in [0.3, 0.4) is 0 Å². The predicted octanol–water partition coefficient (Wildman–Crippen LogP) is 3.01. The van der Waals surface area contributed by atoms with Gasteiger partial charge in [-0.25, -0.2) is 4.39 Å². The van der Waals surface area contributed by atoms with Crippen LogP contribution in [0.5, 0.6) is 0 Å². The third-order valence-electron chi connectivity index (χ3n) is 5.52. The molecule has 1 saturated heterocycles. The van der Waals surface area contributed by atoms with Crippen LogP contribution in [0, 0.1) is 5.82 Å². The quantitative estimate of drug-likeness (QED) is 0.689. The molecule has 158 valence electrons. The number of hydrogen-bond donors (Lipinski definition) is 3. The summed E-state index contributed by atoms with van der Waals surface area (Å²) in [6, 6.07) is 3.95. The van der Waals surface area contributed by atoms with Crippen molar-refractivity contribution in [1.82, 2.24) is 9.97 Å². The van der Waals surface area contributed by atoms with E-state index >= 15 is 0 Å². The number of rotatable bonds is 3. The summed E-state index contributed by atoms with van der Waals surface area (Å²) in [5.41, 5.74) is -0.0964. The number of aromatic amines is 1. The molecule has 0 spiro atoms. The third-order valence-corrected chi connectivity index (χ3v) is 5.81. The van der Waals surface area contributed by atoms with E-state index in [1.54, 1.807) is 0 Å². The van der Waals surface area contributed by atoms with Gasteiger partial charge in [0.05, 0.1) is 16.5 Å². The van der Waals surface area contributed by atoms with Gasteiger partial charge in [-0.3, -0.25) is 19.4 Å². The molecule has 10 heteroatoms. The van der Waals surface area contributed by atoms with Crippen molar-refractivity contribution in [3.63, 3.8) is 0 Å². The van der Waals surface area contributed by atoms with Crippen LogP contribution in [0.25, 0.3) is 0 Å². The zero-order valence-corrected chi connectivity index (χ0v) is 17.1. The van der Waals surface area contributed by atoms with Crippen molar-refractivity contribution >= 4 is 40.9 Å². The molecule has 30 heavy (non-hydrogen) atoms. The number of H-pyrrole nitrogens is 1. The van der Waals surface area contributed by atoms with E-state index in [2.05, 4.69) is 27.5 Å². The summed E-state index contributed by atoms with van der Waals surface area (Å²) in [5, 5.41) is 5.06. The first-order valence-corrected chi connectivity index (χ1v) is 10.2. The van der Waals surface area contributed by atoms with E-state index in [0.717, 1.165) is 31.9 Å². The standard InChI is InChI=1S/C20H21ClFN5O3/c1-10-4-2-3-7-27(10)20-25-17-16(19(30)26-20)12(9-15(28)24-17)18(29)23-11-5-6-14(22)13(21)8-11/h5-6,8,10,12H,2-4,7,9H2,1H3,(H,23,29)(H2,24,25,26,28,30)/t10-,12-/m1/s1. The third kappa shape index (κ3) is 3.89. The van der Waals surface area contributed by atoms with E-state index in [-0.39, 0.29) is 34.6 Å². The maximum atomic E-state index is 13.4. The zero-order chi connectivity index (χ0) is 21.4. The smallest absolute Gasteiger partial charge is 0.258 e. The minimum Gasteiger partial charge on any atom is -0.340 e. The number of aromatic nitrogens is 2. The molecule has 2 aromatic rings. The van der Waals surface area contributed by atoms with Crippen molar-refractivity contribution in [3.8, 4) is 0 Å². The Morgan fingerprint density at radius 1 is 1.33 bits per heavy atom. The average Bonchev–Trinajstić information content (AvgIpc) is 2.70. The number of fused-ring (bicyclic) bond motifs is 1. The van der Waals surface area contributed by atoms with Crippen LogP contribution in [0.2, 0.25) is 5.02 Å². The molecule has 2 aliphatic rings. The Morgan fingerprint density at radius 2 is 2.13 bits per heavy atom. The van der Waals surface area contributed by atoms with Crippen LogP contribution in [-0.4, -0.2) is 34.4 Å². The molecular formula is C20H21ClFN5O3. The zero-order valence-electron chi connectivity index (χ0n) is 16.3. The van der Waals surface area contributed by atoms with Crippen molar-refractivity contribution in [3.05, 3.63) is 45.0 Å².